The van der Waals surface area contributed by atoms with Gasteiger partial charge in [-0.25, -0.2) is 14.3 Å². The molecule has 0 saturated carbocycles. The number of benzene rings is 2. The summed E-state index contributed by atoms with van der Waals surface area (Å²) in [6, 6.07) is 12.8. The summed E-state index contributed by atoms with van der Waals surface area (Å²) in [4.78, 5) is 30.9. The number of methoxy groups -OCH3 is 1. The fourth-order valence-electron chi connectivity index (χ4n) is 3.44. The van der Waals surface area contributed by atoms with Crippen LogP contribution in [0.4, 0.5) is 0 Å². The summed E-state index contributed by atoms with van der Waals surface area (Å²) in [7, 11) is 1.52. The Morgan fingerprint density at radius 1 is 1.03 bits per heavy atom. The van der Waals surface area contributed by atoms with Crippen molar-refractivity contribution in [2.24, 2.45) is 0 Å². The van der Waals surface area contributed by atoms with Crippen molar-refractivity contribution in [3.05, 3.63) is 90.8 Å². The number of fused-ring (bicyclic) bond motifs is 1. The molecule has 4 rings (SSSR count). The SMILES string of the molecule is COCCn1c(=O)c2c(ncn2Cc2ccc(Cl)c(Cl)c2)n(-c2ccc(C)cc2)c1=O. The molecule has 0 saturated heterocycles. The average Bonchev–Trinajstić information content (AvgIpc) is 3.15. The second-order valence-electron chi connectivity index (χ2n) is 7.20. The maximum Gasteiger partial charge on any atom is 0.337 e. The summed E-state index contributed by atoms with van der Waals surface area (Å²) in [5, 5.41) is 0.883. The Morgan fingerprint density at radius 3 is 2.45 bits per heavy atom. The van der Waals surface area contributed by atoms with Crippen molar-refractivity contribution < 1.29 is 4.74 Å². The molecule has 2 heterocycles. The predicted octanol–water partition coefficient (Wildman–Crippen LogP) is 3.66. The van der Waals surface area contributed by atoms with E-state index in [0.29, 0.717) is 33.4 Å². The van der Waals surface area contributed by atoms with Crippen molar-refractivity contribution in [2.45, 2.75) is 20.0 Å². The molecule has 0 radical (unpaired) electrons. The lowest BCUT2D eigenvalue weighted by Crippen LogP contribution is -2.41. The minimum absolute atomic E-state index is 0.133. The van der Waals surface area contributed by atoms with Crippen LogP contribution in [0.1, 0.15) is 11.1 Å². The van der Waals surface area contributed by atoms with E-state index in [1.165, 1.54) is 16.2 Å². The second kappa shape index (κ2) is 8.70. The molecule has 160 valence electrons. The number of aromatic nitrogens is 4. The van der Waals surface area contributed by atoms with Crippen molar-refractivity contribution in [1.29, 1.82) is 0 Å². The molecule has 0 aliphatic heterocycles. The van der Waals surface area contributed by atoms with E-state index in [4.69, 9.17) is 27.9 Å². The van der Waals surface area contributed by atoms with Gasteiger partial charge in [0, 0.05) is 13.7 Å². The van der Waals surface area contributed by atoms with Crippen LogP contribution in [0.3, 0.4) is 0 Å². The molecule has 0 bridgehead atoms. The molecule has 31 heavy (non-hydrogen) atoms. The van der Waals surface area contributed by atoms with Gasteiger partial charge in [0.05, 0.1) is 35.2 Å². The Hall–Kier alpha value is -2.87. The third-order valence-corrected chi connectivity index (χ3v) is 5.79. The fourth-order valence-corrected chi connectivity index (χ4v) is 3.76. The quantitative estimate of drug-likeness (QED) is 0.441. The molecule has 0 spiro atoms. The van der Waals surface area contributed by atoms with E-state index in [1.54, 1.807) is 23.0 Å². The number of ether oxygens (including phenoxy) is 1. The topological polar surface area (TPSA) is 71.1 Å². The lowest BCUT2D eigenvalue weighted by Gasteiger charge is -2.13. The van der Waals surface area contributed by atoms with Gasteiger partial charge in [-0.05, 0) is 36.8 Å². The summed E-state index contributed by atoms with van der Waals surface area (Å²) in [5.41, 5.74) is 2.29. The van der Waals surface area contributed by atoms with Crippen molar-refractivity contribution in [2.75, 3.05) is 13.7 Å². The number of nitrogens with zero attached hydrogens (tertiary/aromatic N) is 4. The van der Waals surface area contributed by atoms with Crippen LogP contribution in [0.2, 0.25) is 10.0 Å². The largest absolute Gasteiger partial charge is 0.383 e. The van der Waals surface area contributed by atoms with E-state index in [2.05, 4.69) is 4.98 Å². The van der Waals surface area contributed by atoms with Gasteiger partial charge in [-0.15, -0.1) is 0 Å². The van der Waals surface area contributed by atoms with E-state index in [1.807, 2.05) is 37.3 Å². The molecule has 0 aliphatic carbocycles. The zero-order valence-corrected chi connectivity index (χ0v) is 18.5. The van der Waals surface area contributed by atoms with Crippen LogP contribution in [0.15, 0.2) is 58.4 Å². The molecule has 2 aromatic heterocycles. The summed E-state index contributed by atoms with van der Waals surface area (Å²) >= 11 is 12.2. The lowest BCUT2D eigenvalue weighted by atomic mass is 10.2. The molecule has 0 amide bonds. The second-order valence-corrected chi connectivity index (χ2v) is 8.01. The van der Waals surface area contributed by atoms with Gasteiger partial charge in [0.2, 0.25) is 0 Å². The molecule has 0 fully saturated rings. The maximum atomic E-state index is 13.3. The number of aryl methyl sites for hydroxylation is 1. The number of imidazole rings is 1. The highest BCUT2D eigenvalue weighted by molar-refractivity contribution is 6.42. The van der Waals surface area contributed by atoms with Gasteiger partial charge in [0.25, 0.3) is 5.56 Å². The van der Waals surface area contributed by atoms with Crippen LogP contribution < -0.4 is 11.2 Å². The first kappa shape index (κ1) is 21.4. The normalized spacial score (nSPS) is 11.4. The van der Waals surface area contributed by atoms with Crippen LogP contribution in [-0.2, 0) is 17.8 Å². The van der Waals surface area contributed by atoms with Gasteiger partial charge in [0.1, 0.15) is 0 Å². The number of rotatable bonds is 6. The van der Waals surface area contributed by atoms with E-state index in [-0.39, 0.29) is 13.2 Å². The average molecular weight is 459 g/mol. The van der Waals surface area contributed by atoms with Crippen LogP contribution in [0.25, 0.3) is 16.9 Å². The molecule has 0 aliphatic rings. The first-order chi connectivity index (χ1) is 14.9. The highest BCUT2D eigenvalue weighted by atomic mass is 35.5. The van der Waals surface area contributed by atoms with Crippen molar-refractivity contribution in [3.63, 3.8) is 0 Å². The minimum atomic E-state index is -0.460. The van der Waals surface area contributed by atoms with Crippen LogP contribution in [0, 0.1) is 6.92 Å². The highest BCUT2D eigenvalue weighted by Gasteiger charge is 2.19. The molecule has 9 heteroatoms. The zero-order chi connectivity index (χ0) is 22.1. The highest BCUT2D eigenvalue weighted by Crippen LogP contribution is 2.23. The molecular formula is C22H20Cl2N4O3. The first-order valence-electron chi connectivity index (χ1n) is 9.61. The molecule has 0 N–H and O–H groups in total. The van der Waals surface area contributed by atoms with Crippen LogP contribution in [-0.4, -0.2) is 32.4 Å². The third-order valence-electron chi connectivity index (χ3n) is 5.05. The van der Waals surface area contributed by atoms with Crippen molar-refractivity contribution in [3.8, 4) is 5.69 Å². The number of hydrogen-bond donors (Lipinski definition) is 0. The van der Waals surface area contributed by atoms with Gasteiger partial charge in [0.15, 0.2) is 11.2 Å². The van der Waals surface area contributed by atoms with E-state index in [0.717, 1.165) is 11.1 Å². The molecule has 0 unspecified atom stereocenters. The zero-order valence-electron chi connectivity index (χ0n) is 17.0. The molecular weight excluding hydrogens is 439 g/mol. The fraction of sp³-hybridized carbons (Fsp3) is 0.227. The summed E-state index contributed by atoms with van der Waals surface area (Å²) < 4.78 is 9.45. The first-order valence-corrected chi connectivity index (χ1v) is 10.4. The molecule has 0 atom stereocenters. The lowest BCUT2D eigenvalue weighted by molar-refractivity contribution is 0.184. The van der Waals surface area contributed by atoms with Gasteiger partial charge >= 0.3 is 5.69 Å². The smallest absolute Gasteiger partial charge is 0.337 e. The monoisotopic (exact) mass is 458 g/mol. The minimum Gasteiger partial charge on any atom is -0.383 e. The summed E-state index contributed by atoms with van der Waals surface area (Å²) in [6.07, 6.45) is 1.55. The van der Waals surface area contributed by atoms with E-state index < -0.39 is 11.2 Å². The van der Waals surface area contributed by atoms with Gasteiger partial charge < -0.3 is 9.30 Å². The third kappa shape index (κ3) is 4.04. The summed E-state index contributed by atoms with van der Waals surface area (Å²) in [6.45, 7) is 2.68. The maximum absolute atomic E-state index is 13.3. The Morgan fingerprint density at radius 2 is 1.77 bits per heavy atom. The van der Waals surface area contributed by atoms with Crippen molar-refractivity contribution >= 4 is 34.4 Å². The standard InChI is InChI=1S/C22H20Cl2N4O3/c1-14-3-6-16(7-4-14)28-20-19(21(29)27(22(28)30)9-10-31-2)26(13-25-20)12-15-5-8-17(23)18(24)11-15/h3-8,11,13H,9-10,12H2,1-2H3. The number of hydrogen-bond acceptors (Lipinski definition) is 4. The van der Waals surface area contributed by atoms with Gasteiger partial charge in [-0.2, -0.15) is 0 Å². The summed E-state index contributed by atoms with van der Waals surface area (Å²) in [5.74, 6) is 0. The Kier molecular flexibility index (Phi) is 6.00. The molecule has 4 aromatic rings. The molecule has 7 nitrogen and oxygen atoms in total. The van der Waals surface area contributed by atoms with E-state index >= 15 is 0 Å². The molecule has 2 aromatic carbocycles. The van der Waals surface area contributed by atoms with Crippen LogP contribution >= 0.6 is 23.2 Å². The predicted molar refractivity (Wildman–Crippen MR) is 122 cm³/mol. The van der Waals surface area contributed by atoms with Crippen LogP contribution in [0.5, 0.6) is 0 Å². The Balaban J connectivity index is 1.95. The van der Waals surface area contributed by atoms with Crippen molar-refractivity contribution in [1.82, 2.24) is 18.7 Å². The van der Waals surface area contributed by atoms with Gasteiger partial charge in [-0.3, -0.25) is 9.36 Å². The van der Waals surface area contributed by atoms with Gasteiger partial charge in [-0.1, -0.05) is 47.0 Å². The Labute approximate surface area is 188 Å². The Bertz CT molecular complexity index is 1370. The van der Waals surface area contributed by atoms with E-state index in [9.17, 15) is 9.59 Å². The number of halogens is 2.